The lowest BCUT2D eigenvalue weighted by atomic mass is 9.80. The van der Waals surface area contributed by atoms with Crippen LogP contribution in [-0.4, -0.2) is 6.61 Å². The largest absolute Gasteiger partial charge is 0.432 e. The highest BCUT2D eigenvalue weighted by molar-refractivity contribution is 5.89. The average molecular weight is 467 g/mol. The molecule has 0 saturated heterocycles. The fourth-order valence-corrected chi connectivity index (χ4v) is 4.59. The standard InChI is InChI=1S/C29H26F4O/c1-2-3-4-19-5-7-20(8-6-19)9-10-21-11-14-24(26(30)17-21)22-12-15-25-23(18-22)13-16-27(28(25)31)34-29(32)33/h2,11-20,29H,1,3-8H2. The van der Waals surface area contributed by atoms with E-state index in [1.165, 1.54) is 37.5 Å². The zero-order valence-corrected chi connectivity index (χ0v) is 18.8. The molecule has 0 atom stereocenters. The molecule has 0 aliphatic heterocycles. The van der Waals surface area contributed by atoms with Gasteiger partial charge in [-0.1, -0.05) is 42.2 Å². The summed E-state index contributed by atoms with van der Waals surface area (Å²) in [6.45, 7) is 0.677. The first-order valence-corrected chi connectivity index (χ1v) is 11.5. The minimum absolute atomic E-state index is 0.129. The Morgan fingerprint density at radius 2 is 1.79 bits per heavy atom. The molecule has 3 aromatic carbocycles. The summed E-state index contributed by atoms with van der Waals surface area (Å²) in [5.41, 5.74) is 1.54. The topological polar surface area (TPSA) is 9.23 Å². The van der Waals surface area contributed by atoms with E-state index in [0.717, 1.165) is 31.2 Å². The summed E-state index contributed by atoms with van der Waals surface area (Å²) in [6.07, 6.45) is 8.75. The third-order valence-electron chi connectivity index (χ3n) is 6.46. The summed E-state index contributed by atoms with van der Waals surface area (Å²) in [7, 11) is 0. The Balaban J connectivity index is 1.48. The van der Waals surface area contributed by atoms with Crippen molar-refractivity contribution in [2.75, 3.05) is 0 Å². The number of benzene rings is 3. The first kappa shape index (κ1) is 23.9. The molecule has 1 fully saturated rings. The van der Waals surface area contributed by atoms with Crippen LogP contribution in [0.3, 0.4) is 0 Å². The van der Waals surface area contributed by atoms with Gasteiger partial charge in [0.25, 0.3) is 0 Å². The van der Waals surface area contributed by atoms with Crippen molar-refractivity contribution in [3.05, 3.63) is 78.4 Å². The number of hydrogen-bond donors (Lipinski definition) is 0. The minimum atomic E-state index is -3.11. The van der Waals surface area contributed by atoms with Gasteiger partial charge in [-0.25, -0.2) is 8.78 Å². The molecule has 0 amide bonds. The van der Waals surface area contributed by atoms with Gasteiger partial charge < -0.3 is 4.74 Å². The van der Waals surface area contributed by atoms with Gasteiger partial charge >= 0.3 is 6.61 Å². The number of fused-ring (bicyclic) bond motifs is 1. The molecule has 1 aliphatic rings. The highest BCUT2D eigenvalue weighted by Crippen LogP contribution is 2.33. The Labute approximate surface area is 197 Å². The fraction of sp³-hybridized carbons (Fsp3) is 0.310. The van der Waals surface area contributed by atoms with E-state index in [2.05, 4.69) is 23.2 Å². The molecule has 5 heteroatoms. The average Bonchev–Trinajstić information content (AvgIpc) is 2.83. The van der Waals surface area contributed by atoms with Crippen molar-refractivity contribution in [1.82, 2.24) is 0 Å². The van der Waals surface area contributed by atoms with Gasteiger partial charge in [-0.15, -0.1) is 6.58 Å². The molecule has 0 radical (unpaired) electrons. The van der Waals surface area contributed by atoms with E-state index in [9.17, 15) is 17.6 Å². The predicted molar refractivity (Wildman–Crippen MR) is 128 cm³/mol. The molecular weight excluding hydrogens is 440 g/mol. The van der Waals surface area contributed by atoms with Gasteiger partial charge in [-0.3, -0.25) is 0 Å². The molecule has 1 nitrogen and oxygen atoms in total. The minimum Gasteiger partial charge on any atom is -0.432 e. The molecule has 176 valence electrons. The highest BCUT2D eigenvalue weighted by Gasteiger charge is 2.19. The van der Waals surface area contributed by atoms with E-state index >= 15 is 0 Å². The fourth-order valence-electron chi connectivity index (χ4n) is 4.59. The Kier molecular flexibility index (Phi) is 7.57. The molecule has 1 aliphatic carbocycles. The van der Waals surface area contributed by atoms with E-state index in [-0.39, 0.29) is 5.39 Å². The third-order valence-corrected chi connectivity index (χ3v) is 6.46. The molecule has 34 heavy (non-hydrogen) atoms. The predicted octanol–water partition coefficient (Wildman–Crippen LogP) is 8.51. The highest BCUT2D eigenvalue weighted by atomic mass is 19.3. The summed E-state index contributed by atoms with van der Waals surface area (Å²) in [6, 6.07) is 12.1. The number of rotatable bonds is 6. The maximum absolute atomic E-state index is 14.9. The summed E-state index contributed by atoms with van der Waals surface area (Å²) in [5, 5.41) is 0.590. The van der Waals surface area contributed by atoms with Crippen LogP contribution in [0, 0.1) is 35.3 Å². The van der Waals surface area contributed by atoms with Gasteiger partial charge in [0.1, 0.15) is 5.82 Å². The van der Waals surface area contributed by atoms with E-state index in [4.69, 9.17) is 0 Å². The van der Waals surface area contributed by atoms with Crippen molar-refractivity contribution in [3.8, 4) is 28.7 Å². The molecule has 0 aromatic heterocycles. The van der Waals surface area contributed by atoms with Crippen molar-refractivity contribution in [2.45, 2.75) is 45.1 Å². The first-order chi connectivity index (χ1) is 16.4. The van der Waals surface area contributed by atoms with E-state index in [1.54, 1.807) is 24.3 Å². The van der Waals surface area contributed by atoms with Gasteiger partial charge in [0, 0.05) is 22.4 Å². The second-order valence-corrected chi connectivity index (χ2v) is 8.74. The van der Waals surface area contributed by atoms with Crippen molar-refractivity contribution >= 4 is 10.8 Å². The lowest BCUT2D eigenvalue weighted by Crippen LogP contribution is -2.13. The Hall–Kier alpha value is -3.26. The zero-order valence-electron chi connectivity index (χ0n) is 18.8. The van der Waals surface area contributed by atoms with Crippen LogP contribution < -0.4 is 4.74 Å². The number of allylic oxidation sites excluding steroid dienone is 1. The zero-order chi connectivity index (χ0) is 24.1. The number of halogens is 4. The van der Waals surface area contributed by atoms with Crippen LogP contribution in [0.1, 0.15) is 44.1 Å². The van der Waals surface area contributed by atoms with Crippen LogP contribution in [0.5, 0.6) is 5.75 Å². The van der Waals surface area contributed by atoms with Crippen LogP contribution in [-0.2, 0) is 0 Å². The molecule has 0 unspecified atom stereocenters. The molecular formula is C29H26F4O. The van der Waals surface area contributed by atoms with E-state index in [0.29, 0.717) is 28.0 Å². The van der Waals surface area contributed by atoms with Crippen molar-refractivity contribution < 1.29 is 22.3 Å². The second kappa shape index (κ2) is 10.8. The maximum Gasteiger partial charge on any atom is 0.387 e. The van der Waals surface area contributed by atoms with Gasteiger partial charge in [0.15, 0.2) is 11.6 Å². The van der Waals surface area contributed by atoms with Gasteiger partial charge in [-0.2, -0.15) is 8.78 Å². The molecule has 0 heterocycles. The van der Waals surface area contributed by atoms with Crippen LogP contribution in [0.2, 0.25) is 0 Å². The summed E-state index contributed by atoms with van der Waals surface area (Å²) in [5.74, 6) is 5.72. The van der Waals surface area contributed by atoms with Crippen molar-refractivity contribution in [1.29, 1.82) is 0 Å². The molecule has 0 N–H and O–H groups in total. The summed E-state index contributed by atoms with van der Waals surface area (Å²) < 4.78 is 58.4. The second-order valence-electron chi connectivity index (χ2n) is 8.74. The quantitative estimate of drug-likeness (QED) is 0.201. The summed E-state index contributed by atoms with van der Waals surface area (Å²) >= 11 is 0. The molecule has 0 bridgehead atoms. The van der Waals surface area contributed by atoms with Crippen molar-refractivity contribution in [3.63, 3.8) is 0 Å². The van der Waals surface area contributed by atoms with Crippen LogP contribution >= 0.6 is 0 Å². The number of hydrogen-bond acceptors (Lipinski definition) is 1. The van der Waals surface area contributed by atoms with Gasteiger partial charge in [0.05, 0.1) is 0 Å². The normalized spacial score (nSPS) is 17.9. The van der Waals surface area contributed by atoms with E-state index in [1.807, 2.05) is 6.08 Å². The Morgan fingerprint density at radius 1 is 1.00 bits per heavy atom. The monoisotopic (exact) mass is 466 g/mol. The lowest BCUT2D eigenvalue weighted by molar-refractivity contribution is -0.0520. The molecule has 1 saturated carbocycles. The van der Waals surface area contributed by atoms with Crippen molar-refractivity contribution in [2.24, 2.45) is 11.8 Å². The van der Waals surface area contributed by atoms with Crippen LogP contribution in [0.4, 0.5) is 17.6 Å². The number of ether oxygens (including phenoxy) is 1. The molecule has 4 rings (SSSR count). The summed E-state index contributed by atoms with van der Waals surface area (Å²) in [4.78, 5) is 0. The Bertz CT molecular complexity index is 1230. The molecule has 0 spiro atoms. The van der Waals surface area contributed by atoms with Crippen LogP contribution in [0.15, 0.2) is 61.2 Å². The smallest absolute Gasteiger partial charge is 0.387 e. The third kappa shape index (κ3) is 5.62. The van der Waals surface area contributed by atoms with Gasteiger partial charge in [-0.05, 0) is 79.7 Å². The Morgan fingerprint density at radius 3 is 2.50 bits per heavy atom. The first-order valence-electron chi connectivity index (χ1n) is 11.5. The van der Waals surface area contributed by atoms with Crippen LogP contribution in [0.25, 0.3) is 21.9 Å². The van der Waals surface area contributed by atoms with Gasteiger partial charge in [0.2, 0.25) is 0 Å². The lowest BCUT2D eigenvalue weighted by Gasteiger charge is -2.25. The van der Waals surface area contributed by atoms with E-state index < -0.39 is 24.0 Å². The number of alkyl halides is 2. The SMILES string of the molecule is C=CCCC1CCC(C#Cc2ccc(-c3ccc4c(F)c(OC(F)F)ccc4c3)c(F)c2)CC1. The maximum atomic E-state index is 14.9. The molecule has 3 aromatic rings.